The van der Waals surface area contributed by atoms with Crippen molar-refractivity contribution in [2.24, 2.45) is 0 Å². The molecule has 258 valence electrons. The number of hydrogen-bond acceptors (Lipinski definition) is 5. The van der Waals surface area contributed by atoms with Gasteiger partial charge < -0.3 is 29.0 Å². The van der Waals surface area contributed by atoms with E-state index in [4.69, 9.17) is 29.0 Å². The summed E-state index contributed by atoms with van der Waals surface area (Å²) in [4.78, 5) is 31.0. The molecule has 0 heterocycles. The van der Waals surface area contributed by atoms with Crippen molar-refractivity contribution in [1.82, 2.24) is 0 Å². The number of benzene rings is 5. The highest BCUT2D eigenvalue weighted by molar-refractivity contribution is 7.60. The summed E-state index contributed by atoms with van der Waals surface area (Å²) in [6, 6.07) is 29.8. The van der Waals surface area contributed by atoms with Gasteiger partial charge in [-0.25, -0.2) is 9.13 Å². The van der Waals surface area contributed by atoms with Crippen molar-refractivity contribution in [1.29, 1.82) is 0 Å². The first-order chi connectivity index (χ1) is 22.9. The van der Waals surface area contributed by atoms with Crippen LogP contribution in [0.4, 0.5) is 0 Å². The van der Waals surface area contributed by atoms with Gasteiger partial charge in [0.15, 0.2) is 0 Å². The highest BCUT2D eigenvalue weighted by Crippen LogP contribution is 2.54. The number of aryl methyl sites for hydroxylation is 8. The first-order valence-electron chi connectivity index (χ1n) is 15.5. The molecule has 0 saturated carbocycles. The van der Waals surface area contributed by atoms with Crippen LogP contribution in [0.3, 0.4) is 0 Å². The normalized spacial score (nSPS) is 11.5. The molecule has 5 aromatic carbocycles. The number of ether oxygens (including phenoxy) is 2. The van der Waals surface area contributed by atoms with Gasteiger partial charge in [0.1, 0.15) is 23.0 Å². The summed E-state index contributed by atoms with van der Waals surface area (Å²) in [7, 11) is -10.1. The van der Waals surface area contributed by atoms with Gasteiger partial charge in [-0.1, -0.05) is 72.8 Å². The van der Waals surface area contributed by atoms with Crippen LogP contribution in [0.25, 0.3) is 22.3 Å². The van der Waals surface area contributed by atoms with Crippen LogP contribution < -0.4 is 9.47 Å². The summed E-state index contributed by atoms with van der Waals surface area (Å²) in [6.07, 6.45) is 0. The molecule has 0 aliphatic rings. The molecule has 0 unspecified atom stereocenters. The van der Waals surface area contributed by atoms with Crippen molar-refractivity contribution < 1.29 is 42.5 Å². The highest BCUT2D eigenvalue weighted by Gasteiger charge is 2.28. The lowest BCUT2D eigenvalue weighted by Gasteiger charge is -2.25. The molecular formula is C38H42O9P2. The van der Waals surface area contributed by atoms with Gasteiger partial charge >= 0.3 is 15.6 Å². The Balaban J connectivity index is 0.000000529. The van der Waals surface area contributed by atoms with Gasteiger partial charge in [0.2, 0.25) is 0 Å². The number of rotatable bonds is 8. The molecule has 5 aromatic rings. The molecule has 0 atom stereocenters. The number of para-hydroxylation sites is 2. The molecule has 0 radical (unpaired) electrons. The Morgan fingerprint density at radius 2 is 0.755 bits per heavy atom. The van der Waals surface area contributed by atoms with Crippen LogP contribution >= 0.6 is 15.6 Å². The van der Waals surface area contributed by atoms with Crippen LogP contribution in [0.5, 0.6) is 23.0 Å². The van der Waals surface area contributed by atoms with Crippen LogP contribution in [-0.2, 0) is 13.4 Å². The second-order valence-corrected chi connectivity index (χ2v) is 14.7. The van der Waals surface area contributed by atoms with E-state index < -0.39 is 15.6 Å². The molecule has 11 heteroatoms. The Hall–Kier alpha value is -4.04. The van der Waals surface area contributed by atoms with Crippen molar-refractivity contribution in [2.75, 3.05) is 0 Å². The molecule has 4 N–H and O–H groups in total. The van der Waals surface area contributed by atoms with Gasteiger partial charge in [-0.2, -0.15) is 4.31 Å². The Morgan fingerprint density at radius 3 is 1.12 bits per heavy atom. The maximum Gasteiger partial charge on any atom is 0.478 e. The number of hydrogen-bond donors (Lipinski definition) is 4. The molecule has 0 spiro atoms. The third kappa shape index (κ3) is 9.35. The van der Waals surface area contributed by atoms with Gasteiger partial charge in [0, 0.05) is 5.56 Å². The predicted octanol–water partition coefficient (Wildman–Crippen LogP) is 10.3. The summed E-state index contributed by atoms with van der Waals surface area (Å²) in [5, 5.41) is 0. The van der Waals surface area contributed by atoms with E-state index in [9.17, 15) is 9.13 Å². The molecule has 0 amide bonds. The molecule has 0 bridgehead atoms. The second-order valence-electron chi connectivity index (χ2n) is 12.1. The average molecular weight is 705 g/mol. The predicted molar refractivity (Wildman–Crippen MR) is 193 cm³/mol. The third-order valence-electron chi connectivity index (χ3n) is 8.05. The van der Waals surface area contributed by atoms with Crippen LogP contribution in [-0.4, -0.2) is 19.6 Å². The monoisotopic (exact) mass is 704 g/mol. The van der Waals surface area contributed by atoms with E-state index in [1.54, 1.807) is 0 Å². The maximum atomic E-state index is 9.63. The summed E-state index contributed by atoms with van der Waals surface area (Å²) in [6.45, 7) is 17.1. The molecule has 0 aromatic heterocycles. The molecule has 0 aliphatic carbocycles. The van der Waals surface area contributed by atoms with E-state index in [-0.39, 0.29) is 0 Å². The first-order valence-corrected chi connectivity index (χ1v) is 18.5. The maximum absolute atomic E-state index is 9.63. The minimum atomic E-state index is -5.05. The molecular weight excluding hydrogens is 662 g/mol. The Kier molecular flexibility index (Phi) is 11.7. The fraction of sp³-hybridized carbons (Fsp3) is 0.211. The van der Waals surface area contributed by atoms with E-state index in [0.717, 1.165) is 61.9 Å². The lowest BCUT2D eigenvalue weighted by Crippen LogP contribution is -2.02. The van der Waals surface area contributed by atoms with Crippen molar-refractivity contribution in [2.45, 2.75) is 55.4 Å². The van der Waals surface area contributed by atoms with Gasteiger partial charge in [0.25, 0.3) is 0 Å². The van der Waals surface area contributed by atoms with Crippen molar-refractivity contribution >= 4 is 15.6 Å². The summed E-state index contributed by atoms with van der Waals surface area (Å²) in [5.41, 5.74) is 13.5. The molecule has 0 aliphatic heterocycles. The molecule has 0 saturated heterocycles. The molecule has 5 rings (SSSR count). The lowest BCUT2D eigenvalue weighted by atomic mass is 9.88. The highest BCUT2D eigenvalue weighted by atomic mass is 31.3. The van der Waals surface area contributed by atoms with Gasteiger partial charge in [-0.3, -0.25) is 0 Å². The zero-order chi connectivity index (χ0) is 36.3. The zero-order valence-corrected chi connectivity index (χ0v) is 30.6. The van der Waals surface area contributed by atoms with E-state index in [1.165, 1.54) is 27.8 Å². The standard InChI is InChI=1S/C38H38O2.H4O7P2/c1-23-13-9-14-24(2)33(23)31-21-22-32(39-36-27(5)17-11-18-28(36)6)35(34-25(3)15-10-16-26(34)4)38(31)40-37-29(7)19-12-20-30(37)8;1-8(2,3)7-9(4,5)6/h9-22H,1-8H3;(H2,1,2,3)(H2,4,5,6). The smallest absolute Gasteiger partial charge is 0.456 e. The van der Waals surface area contributed by atoms with Crippen LogP contribution in [0, 0.1) is 55.4 Å². The third-order valence-corrected chi connectivity index (χ3v) is 9.75. The Labute approximate surface area is 287 Å². The van der Waals surface area contributed by atoms with E-state index in [1.807, 2.05) is 0 Å². The van der Waals surface area contributed by atoms with E-state index in [2.05, 4.69) is 145 Å². The summed E-state index contributed by atoms with van der Waals surface area (Å²) < 4.78 is 36.1. The van der Waals surface area contributed by atoms with Crippen molar-refractivity contribution in [3.8, 4) is 45.3 Å². The Morgan fingerprint density at radius 1 is 0.408 bits per heavy atom. The molecule has 0 fully saturated rings. The van der Waals surface area contributed by atoms with Crippen molar-refractivity contribution in [3.05, 3.63) is 129 Å². The van der Waals surface area contributed by atoms with Crippen LogP contribution in [0.2, 0.25) is 0 Å². The molecule has 49 heavy (non-hydrogen) atoms. The fourth-order valence-corrected chi connectivity index (χ4v) is 7.02. The van der Waals surface area contributed by atoms with Gasteiger partial charge in [0.05, 0.1) is 5.56 Å². The first kappa shape index (κ1) is 37.8. The largest absolute Gasteiger partial charge is 0.478 e. The fourth-order valence-electron chi connectivity index (χ4n) is 5.91. The van der Waals surface area contributed by atoms with Gasteiger partial charge in [-0.15, -0.1) is 0 Å². The summed E-state index contributed by atoms with van der Waals surface area (Å²) >= 11 is 0. The average Bonchev–Trinajstić information content (AvgIpc) is 2.97. The summed E-state index contributed by atoms with van der Waals surface area (Å²) in [5.74, 6) is 3.36. The lowest BCUT2D eigenvalue weighted by molar-refractivity contribution is 0.225. The Bertz CT molecular complexity index is 1990. The minimum absolute atomic E-state index is 0.783. The minimum Gasteiger partial charge on any atom is -0.456 e. The van der Waals surface area contributed by atoms with E-state index >= 15 is 0 Å². The number of phosphoric acid groups is 2. The topological polar surface area (TPSA) is 143 Å². The van der Waals surface area contributed by atoms with Crippen molar-refractivity contribution in [3.63, 3.8) is 0 Å². The quantitative estimate of drug-likeness (QED) is 0.116. The van der Waals surface area contributed by atoms with Crippen LogP contribution in [0.1, 0.15) is 44.5 Å². The van der Waals surface area contributed by atoms with Gasteiger partial charge in [-0.05, 0) is 123 Å². The second kappa shape index (κ2) is 15.2. The SMILES string of the molecule is Cc1cccc(C)c1Oc1ccc(-c2c(C)cccc2C)c(Oc2c(C)cccc2C)c1-c1c(C)cccc1C.O=P(O)(O)OP(=O)(O)O. The molecule has 9 nitrogen and oxygen atoms in total. The van der Waals surface area contributed by atoms with E-state index in [0.29, 0.717) is 0 Å². The zero-order valence-electron chi connectivity index (χ0n) is 28.8. The van der Waals surface area contributed by atoms with Crippen LogP contribution in [0.15, 0.2) is 84.9 Å².